The van der Waals surface area contributed by atoms with Crippen molar-refractivity contribution >= 4 is 5.91 Å². The quantitative estimate of drug-likeness (QED) is 0.765. The fourth-order valence-corrected chi connectivity index (χ4v) is 3.12. The van der Waals surface area contributed by atoms with Gasteiger partial charge in [0, 0.05) is 19.5 Å². The predicted octanol–water partition coefficient (Wildman–Crippen LogP) is 0.748. The number of rotatable bonds is 3. The molecule has 0 spiro atoms. The molecule has 0 radical (unpaired) electrons. The van der Waals surface area contributed by atoms with Crippen molar-refractivity contribution < 1.29 is 9.90 Å². The number of amides is 1. The minimum atomic E-state index is -0.109. The third-order valence-corrected chi connectivity index (χ3v) is 4.20. The summed E-state index contributed by atoms with van der Waals surface area (Å²) in [6.45, 7) is 4.54. The van der Waals surface area contributed by atoms with Crippen LogP contribution in [0, 0.1) is 5.92 Å². The van der Waals surface area contributed by atoms with Crippen LogP contribution in [0.1, 0.15) is 39.0 Å². The van der Waals surface area contributed by atoms with Crippen LogP contribution in [0.5, 0.6) is 0 Å². The van der Waals surface area contributed by atoms with E-state index in [0.29, 0.717) is 12.0 Å². The molecule has 1 aliphatic carbocycles. The molecule has 1 heterocycles. The van der Waals surface area contributed by atoms with E-state index in [0.717, 1.165) is 51.7 Å². The van der Waals surface area contributed by atoms with E-state index in [4.69, 9.17) is 0 Å². The van der Waals surface area contributed by atoms with Gasteiger partial charge in [0.15, 0.2) is 0 Å². The number of likely N-dealkylation sites (tertiary alicyclic amines) is 1. The summed E-state index contributed by atoms with van der Waals surface area (Å²) < 4.78 is 0. The zero-order valence-corrected chi connectivity index (χ0v) is 10.7. The van der Waals surface area contributed by atoms with Crippen LogP contribution in [-0.4, -0.2) is 47.7 Å². The predicted molar refractivity (Wildman–Crippen MR) is 66.6 cm³/mol. The monoisotopic (exact) mass is 240 g/mol. The lowest BCUT2D eigenvalue weighted by Crippen LogP contribution is -2.46. The van der Waals surface area contributed by atoms with Crippen LogP contribution in [0.15, 0.2) is 0 Å². The van der Waals surface area contributed by atoms with E-state index in [1.807, 2.05) is 0 Å². The Morgan fingerprint density at radius 3 is 2.53 bits per heavy atom. The molecular weight excluding hydrogens is 216 g/mol. The van der Waals surface area contributed by atoms with Gasteiger partial charge in [-0.25, -0.2) is 0 Å². The highest BCUT2D eigenvalue weighted by Gasteiger charge is 2.32. The molecule has 1 aliphatic heterocycles. The number of nitrogens with one attached hydrogen (secondary N) is 1. The summed E-state index contributed by atoms with van der Waals surface area (Å²) in [5.74, 6) is 0.687. The standard InChI is InChI=1S/C13H24N2O2/c1-10(16)14-9-11-5-7-15(8-6-11)12-3-2-4-13(12)17/h11-13,17H,2-9H2,1H3,(H,14,16)/t12-,13-/m0/s1. The summed E-state index contributed by atoms with van der Waals surface area (Å²) >= 11 is 0. The zero-order chi connectivity index (χ0) is 12.3. The molecule has 0 bridgehead atoms. The summed E-state index contributed by atoms with van der Waals surface area (Å²) in [5.41, 5.74) is 0. The van der Waals surface area contributed by atoms with Gasteiger partial charge in [-0.3, -0.25) is 9.69 Å². The normalized spacial score (nSPS) is 31.6. The topological polar surface area (TPSA) is 52.6 Å². The Labute approximate surface area is 103 Å². The Balaban J connectivity index is 1.72. The zero-order valence-electron chi connectivity index (χ0n) is 10.7. The van der Waals surface area contributed by atoms with Gasteiger partial charge < -0.3 is 10.4 Å². The highest BCUT2D eigenvalue weighted by molar-refractivity contribution is 5.72. The maximum atomic E-state index is 10.8. The van der Waals surface area contributed by atoms with Crippen LogP contribution in [-0.2, 0) is 4.79 Å². The Bertz CT molecular complexity index is 262. The van der Waals surface area contributed by atoms with Crippen LogP contribution < -0.4 is 5.32 Å². The van der Waals surface area contributed by atoms with Gasteiger partial charge in [0.1, 0.15) is 0 Å². The molecule has 2 fully saturated rings. The second-order valence-electron chi connectivity index (χ2n) is 5.48. The van der Waals surface area contributed by atoms with E-state index in [2.05, 4.69) is 10.2 Å². The number of aliphatic hydroxyl groups is 1. The van der Waals surface area contributed by atoms with Crippen molar-refractivity contribution in [3.8, 4) is 0 Å². The highest BCUT2D eigenvalue weighted by atomic mass is 16.3. The van der Waals surface area contributed by atoms with Gasteiger partial charge in [-0.1, -0.05) is 0 Å². The van der Waals surface area contributed by atoms with Gasteiger partial charge in [0.2, 0.25) is 5.91 Å². The fourth-order valence-electron chi connectivity index (χ4n) is 3.12. The molecule has 4 nitrogen and oxygen atoms in total. The molecule has 0 aromatic heterocycles. The molecule has 2 atom stereocenters. The summed E-state index contributed by atoms with van der Waals surface area (Å²) in [5, 5.41) is 12.8. The van der Waals surface area contributed by atoms with Crippen molar-refractivity contribution in [2.45, 2.75) is 51.2 Å². The molecule has 2 rings (SSSR count). The fraction of sp³-hybridized carbons (Fsp3) is 0.923. The van der Waals surface area contributed by atoms with Gasteiger partial charge in [-0.05, 0) is 51.1 Å². The number of hydrogen-bond acceptors (Lipinski definition) is 3. The van der Waals surface area contributed by atoms with Crippen molar-refractivity contribution in [2.75, 3.05) is 19.6 Å². The molecule has 2 N–H and O–H groups in total. The number of carbonyl (C=O) groups is 1. The third kappa shape index (κ3) is 3.42. The van der Waals surface area contributed by atoms with E-state index < -0.39 is 0 Å². The molecule has 0 unspecified atom stereocenters. The molecule has 17 heavy (non-hydrogen) atoms. The van der Waals surface area contributed by atoms with Crippen molar-refractivity contribution in [1.82, 2.24) is 10.2 Å². The molecule has 1 saturated carbocycles. The summed E-state index contributed by atoms with van der Waals surface area (Å²) in [6, 6.07) is 0.400. The molecular formula is C13H24N2O2. The van der Waals surface area contributed by atoms with Crippen LogP contribution in [0.4, 0.5) is 0 Å². The largest absolute Gasteiger partial charge is 0.391 e. The van der Waals surface area contributed by atoms with Gasteiger partial charge >= 0.3 is 0 Å². The number of piperidine rings is 1. The maximum absolute atomic E-state index is 10.8. The molecule has 0 aromatic carbocycles. The smallest absolute Gasteiger partial charge is 0.216 e. The van der Waals surface area contributed by atoms with Crippen LogP contribution >= 0.6 is 0 Å². The maximum Gasteiger partial charge on any atom is 0.216 e. The number of carbonyl (C=O) groups excluding carboxylic acids is 1. The number of hydrogen-bond donors (Lipinski definition) is 2. The first kappa shape index (κ1) is 12.8. The van der Waals surface area contributed by atoms with Gasteiger partial charge in [-0.2, -0.15) is 0 Å². The van der Waals surface area contributed by atoms with E-state index in [9.17, 15) is 9.90 Å². The lowest BCUT2D eigenvalue weighted by atomic mass is 9.95. The minimum Gasteiger partial charge on any atom is -0.391 e. The first-order chi connectivity index (χ1) is 8.16. The average molecular weight is 240 g/mol. The average Bonchev–Trinajstić information content (AvgIpc) is 2.73. The van der Waals surface area contributed by atoms with Gasteiger partial charge in [0.25, 0.3) is 0 Å². The Morgan fingerprint density at radius 2 is 2.00 bits per heavy atom. The molecule has 98 valence electrons. The highest BCUT2D eigenvalue weighted by Crippen LogP contribution is 2.28. The van der Waals surface area contributed by atoms with Crippen molar-refractivity contribution in [1.29, 1.82) is 0 Å². The van der Waals surface area contributed by atoms with Crippen molar-refractivity contribution in [3.63, 3.8) is 0 Å². The van der Waals surface area contributed by atoms with Crippen LogP contribution in [0.2, 0.25) is 0 Å². The SMILES string of the molecule is CC(=O)NCC1CCN([C@H]2CCC[C@@H]2O)CC1. The second-order valence-corrected chi connectivity index (χ2v) is 5.48. The van der Waals surface area contributed by atoms with Crippen molar-refractivity contribution in [3.05, 3.63) is 0 Å². The molecule has 1 amide bonds. The van der Waals surface area contributed by atoms with Gasteiger partial charge in [0.05, 0.1) is 6.10 Å². The van der Waals surface area contributed by atoms with Crippen molar-refractivity contribution in [2.24, 2.45) is 5.92 Å². The summed E-state index contributed by atoms with van der Waals surface area (Å²) in [6.07, 6.45) is 5.46. The number of nitrogens with zero attached hydrogens (tertiary/aromatic N) is 1. The van der Waals surface area contributed by atoms with Crippen LogP contribution in [0.3, 0.4) is 0 Å². The molecule has 0 aromatic rings. The molecule has 1 saturated heterocycles. The lowest BCUT2D eigenvalue weighted by molar-refractivity contribution is -0.119. The summed E-state index contributed by atoms with van der Waals surface area (Å²) in [7, 11) is 0. The molecule has 4 heteroatoms. The Kier molecular flexibility index (Phi) is 4.40. The van der Waals surface area contributed by atoms with E-state index in [-0.39, 0.29) is 12.0 Å². The Morgan fingerprint density at radius 1 is 1.29 bits per heavy atom. The summed E-state index contributed by atoms with van der Waals surface area (Å²) in [4.78, 5) is 13.3. The second kappa shape index (κ2) is 5.83. The minimum absolute atomic E-state index is 0.0682. The van der Waals surface area contributed by atoms with E-state index in [1.165, 1.54) is 0 Å². The van der Waals surface area contributed by atoms with Crippen LogP contribution in [0.25, 0.3) is 0 Å². The third-order valence-electron chi connectivity index (χ3n) is 4.20. The lowest BCUT2D eigenvalue weighted by Gasteiger charge is -2.37. The van der Waals surface area contributed by atoms with E-state index >= 15 is 0 Å². The van der Waals surface area contributed by atoms with E-state index in [1.54, 1.807) is 6.92 Å². The molecule has 2 aliphatic rings. The first-order valence-corrected chi connectivity index (χ1v) is 6.83. The Hall–Kier alpha value is -0.610. The number of aliphatic hydroxyl groups excluding tert-OH is 1. The first-order valence-electron chi connectivity index (χ1n) is 6.83. The van der Waals surface area contributed by atoms with Gasteiger partial charge in [-0.15, -0.1) is 0 Å².